The van der Waals surface area contributed by atoms with Gasteiger partial charge >= 0.3 is 5.97 Å². The first-order valence-corrected chi connectivity index (χ1v) is 13.8. The summed E-state index contributed by atoms with van der Waals surface area (Å²) in [4.78, 5) is 27.5. The number of hydrogen-bond acceptors (Lipinski definition) is 9. The van der Waals surface area contributed by atoms with Crippen molar-refractivity contribution in [1.29, 1.82) is 5.26 Å². The summed E-state index contributed by atoms with van der Waals surface area (Å²) in [5, 5.41) is 35.9. The molecule has 6 rings (SSSR count). The van der Waals surface area contributed by atoms with Crippen LogP contribution in [-0.4, -0.2) is 61.1 Å². The minimum Gasteiger partial charge on any atom is -0.497 e. The maximum atomic E-state index is 14.5. The largest absolute Gasteiger partial charge is 0.497 e. The maximum absolute atomic E-state index is 14.5. The van der Waals surface area contributed by atoms with E-state index in [2.05, 4.69) is 26.7 Å². The summed E-state index contributed by atoms with van der Waals surface area (Å²) in [6, 6.07) is 26.2. The molecular weight excluding hydrogens is 560 g/mol. The lowest BCUT2D eigenvalue weighted by atomic mass is 9.99. The Bertz CT molecular complexity index is 2120. The molecule has 0 saturated heterocycles. The molecule has 0 saturated carbocycles. The quantitative estimate of drug-likeness (QED) is 0.253. The van der Waals surface area contributed by atoms with Crippen molar-refractivity contribution < 1.29 is 14.6 Å². The summed E-state index contributed by atoms with van der Waals surface area (Å²) in [5.74, 6) is -0.241. The second-order valence-electron chi connectivity index (χ2n) is 9.96. The number of ether oxygens (including phenoxy) is 1. The molecule has 0 amide bonds. The van der Waals surface area contributed by atoms with Crippen LogP contribution in [0.25, 0.3) is 39.6 Å². The average molecular weight is 587 g/mol. The molecule has 6 aromatic rings. The van der Waals surface area contributed by atoms with Gasteiger partial charge in [0, 0.05) is 29.6 Å². The third kappa shape index (κ3) is 5.30. The van der Waals surface area contributed by atoms with Gasteiger partial charge in [0.15, 0.2) is 5.65 Å². The second-order valence-corrected chi connectivity index (χ2v) is 9.96. The van der Waals surface area contributed by atoms with Gasteiger partial charge in [-0.2, -0.15) is 5.26 Å². The van der Waals surface area contributed by atoms with Crippen molar-refractivity contribution >= 4 is 34.4 Å². The Balaban J connectivity index is 1.60. The van der Waals surface area contributed by atoms with Crippen molar-refractivity contribution in [3.63, 3.8) is 0 Å². The molecule has 12 nitrogen and oxygen atoms in total. The second kappa shape index (κ2) is 12.0. The molecule has 1 N–H and O–H groups in total. The number of anilines is 1. The van der Waals surface area contributed by atoms with Gasteiger partial charge in [0.05, 0.1) is 37.1 Å². The average Bonchev–Trinajstić information content (AvgIpc) is 3.64. The lowest BCUT2D eigenvalue weighted by molar-refractivity contribution is -0.136. The number of hydrogen-bond donors (Lipinski definition) is 1. The van der Waals surface area contributed by atoms with E-state index < -0.39 is 5.97 Å². The van der Waals surface area contributed by atoms with Gasteiger partial charge in [-0.1, -0.05) is 42.5 Å². The molecule has 3 aromatic carbocycles. The van der Waals surface area contributed by atoms with Crippen LogP contribution < -0.4 is 20.4 Å². The first kappa shape index (κ1) is 28.0. The SMILES string of the molecule is COc1ccc(-c2/c(=C/c3ccc(N(CCC#N)CCC(=O)O)cc3)c(=O)n(-c3ccccc3)c3nn4nnnc4c23)cc1. The first-order chi connectivity index (χ1) is 21.5. The summed E-state index contributed by atoms with van der Waals surface area (Å²) in [6.07, 6.45) is 2.02. The van der Waals surface area contributed by atoms with E-state index in [1.165, 1.54) is 4.63 Å². The molecule has 0 unspecified atom stereocenters. The van der Waals surface area contributed by atoms with Crippen molar-refractivity contribution in [2.75, 3.05) is 25.1 Å². The van der Waals surface area contributed by atoms with Gasteiger partial charge in [0.25, 0.3) is 5.56 Å². The smallest absolute Gasteiger partial charge is 0.305 e. The van der Waals surface area contributed by atoms with Crippen LogP contribution in [0.2, 0.25) is 0 Å². The van der Waals surface area contributed by atoms with Crippen LogP contribution in [0.1, 0.15) is 18.4 Å². The van der Waals surface area contributed by atoms with Gasteiger partial charge < -0.3 is 14.7 Å². The number of methoxy groups -OCH3 is 1. The van der Waals surface area contributed by atoms with E-state index >= 15 is 0 Å². The molecule has 218 valence electrons. The molecule has 12 heteroatoms. The Labute approximate surface area is 250 Å². The zero-order chi connectivity index (χ0) is 30.6. The molecule has 0 aliphatic heterocycles. The predicted octanol–water partition coefficient (Wildman–Crippen LogP) is 3.24. The fourth-order valence-corrected chi connectivity index (χ4v) is 5.22. The monoisotopic (exact) mass is 586 g/mol. The van der Waals surface area contributed by atoms with Crippen LogP contribution in [-0.2, 0) is 4.79 Å². The van der Waals surface area contributed by atoms with Gasteiger partial charge in [0.2, 0.25) is 5.65 Å². The van der Waals surface area contributed by atoms with Gasteiger partial charge in [0.1, 0.15) is 5.75 Å². The van der Waals surface area contributed by atoms with Crippen LogP contribution >= 0.6 is 0 Å². The number of rotatable bonds is 10. The van der Waals surface area contributed by atoms with Gasteiger partial charge in [-0.15, -0.1) is 14.8 Å². The summed E-state index contributed by atoms with van der Waals surface area (Å²) < 4.78 is 8.24. The van der Waals surface area contributed by atoms with E-state index in [0.29, 0.717) is 45.4 Å². The number of para-hydroxylation sites is 1. The summed E-state index contributed by atoms with van der Waals surface area (Å²) in [6.45, 7) is 0.672. The molecule has 0 aliphatic rings. The number of aromatic nitrogens is 6. The zero-order valence-electron chi connectivity index (χ0n) is 23.7. The van der Waals surface area contributed by atoms with E-state index in [-0.39, 0.29) is 24.9 Å². The normalized spacial score (nSPS) is 11.6. The number of benzene rings is 3. The molecule has 0 spiro atoms. The number of fused-ring (bicyclic) bond motifs is 3. The maximum Gasteiger partial charge on any atom is 0.305 e. The third-order valence-corrected chi connectivity index (χ3v) is 7.31. The highest BCUT2D eigenvalue weighted by atomic mass is 16.5. The molecule has 3 aromatic heterocycles. The molecule has 0 bridgehead atoms. The van der Waals surface area contributed by atoms with E-state index in [9.17, 15) is 14.7 Å². The van der Waals surface area contributed by atoms with Crippen molar-refractivity contribution in [1.82, 2.24) is 29.8 Å². The molecule has 0 fully saturated rings. The minimum absolute atomic E-state index is 0.0524. The van der Waals surface area contributed by atoms with Crippen LogP contribution in [0.4, 0.5) is 5.69 Å². The highest BCUT2D eigenvalue weighted by Crippen LogP contribution is 2.30. The molecule has 44 heavy (non-hydrogen) atoms. The Hall–Kier alpha value is -6.09. The standard InChI is InChI=1S/C32H26N8O4/c1-44-25-14-10-22(11-15-25)28-26(20-21-8-12-23(13-9-21)38(18-5-17-33)19-16-27(41)42)32(43)39(24-6-3-2-4-7-24)31-29(28)30-34-36-37-40(30)35-31/h2-4,6-15,20H,5,16,18-19H2,1H3,(H,41,42)/b26-20-. The highest BCUT2D eigenvalue weighted by molar-refractivity contribution is 6.03. The van der Waals surface area contributed by atoms with Crippen molar-refractivity contribution in [3.05, 3.63) is 100.0 Å². The third-order valence-electron chi connectivity index (χ3n) is 7.31. The summed E-state index contributed by atoms with van der Waals surface area (Å²) >= 11 is 0. The van der Waals surface area contributed by atoms with Crippen molar-refractivity contribution in [2.24, 2.45) is 0 Å². The van der Waals surface area contributed by atoms with E-state index in [1.54, 1.807) is 11.7 Å². The Kier molecular flexibility index (Phi) is 7.67. The van der Waals surface area contributed by atoms with Crippen molar-refractivity contribution in [2.45, 2.75) is 12.8 Å². The molecule has 0 aliphatic carbocycles. The fourth-order valence-electron chi connectivity index (χ4n) is 5.22. The molecule has 3 heterocycles. The number of tetrazole rings is 1. The van der Waals surface area contributed by atoms with Crippen LogP contribution in [0.15, 0.2) is 83.7 Å². The first-order valence-electron chi connectivity index (χ1n) is 13.8. The summed E-state index contributed by atoms with van der Waals surface area (Å²) in [7, 11) is 1.59. The number of nitrogens with zero attached hydrogens (tertiary/aromatic N) is 8. The van der Waals surface area contributed by atoms with Gasteiger partial charge in [-0.05, 0) is 64.0 Å². The van der Waals surface area contributed by atoms with Crippen molar-refractivity contribution in [3.8, 4) is 28.6 Å². The lowest BCUT2D eigenvalue weighted by Gasteiger charge is -2.23. The fraction of sp³-hybridized carbons (Fsp3) is 0.156. The Morgan fingerprint density at radius 3 is 2.45 bits per heavy atom. The zero-order valence-corrected chi connectivity index (χ0v) is 23.7. The number of carbonyl (C=O) groups is 1. The highest BCUT2D eigenvalue weighted by Gasteiger charge is 2.23. The Morgan fingerprint density at radius 2 is 1.77 bits per heavy atom. The van der Waals surface area contributed by atoms with Crippen LogP contribution in [0.3, 0.4) is 0 Å². The van der Waals surface area contributed by atoms with Gasteiger partial charge in [-0.25, -0.2) is 0 Å². The number of nitriles is 1. The number of aliphatic carboxylic acids is 1. The van der Waals surface area contributed by atoms with Crippen LogP contribution in [0, 0.1) is 11.3 Å². The van der Waals surface area contributed by atoms with E-state index in [1.807, 2.05) is 89.8 Å². The van der Waals surface area contributed by atoms with E-state index in [0.717, 1.165) is 16.8 Å². The molecular formula is C32H26N8O4. The number of pyridine rings is 1. The van der Waals surface area contributed by atoms with Gasteiger partial charge in [-0.3, -0.25) is 14.2 Å². The minimum atomic E-state index is -0.910. The van der Waals surface area contributed by atoms with E-state index in [4.69, 9.17) is 10.00 Å². The van der Waals surface area contributed by atoms with Crippen LogP contribution in [0.5, 0.6) is 5.75 Å². The predicted molar refractivity (Wildman–Crippen MR) is 164 cm³/mol. The topological polar surface area (TPSA) is 152 Å². The molecule has 0 radical (unpaired) electrons. The number of carboxylic acids is 1. The number of carboxylic acid groups (broad SMARTS) is 1. The molecule has 0 atom stereocenters. The summed E-state index contributed by atoms with van der Waals surface area (Å²) in [5.41, 5.74) is 4.05. The Morgan fingerprint density at radius 1 is 1.02 bits per heavy atom. The lowest BCUT2D eigenvalue weighted by Crippen LogP contribution is -2.35.